The molecule has 0 aromatic rings. The van der Waals surface area contributed by atoms with Crippen LogP contribution in [0.5, 0.6) is 0 Å². The maximum absolute atomic E-state index is 12.0. The fraction of sp³-hybridized carbons (Fsp3) is 0.769. The van der Waals surface area contributed by atoms with Gasteiger partial charge in [-0.3, -0.25) is 4.79 Å². The Labute approximate surface area is 116 Å². The molecule has 1 unspecified atom stereocenters. The van der Waals surface area contributed by atoms with Crippen molar-refractivity contribution in [2.24, 2.45) is 5.73 Å². The van der Waals surface area contributed by atoms with Gasteiger partial charge in [-0.2, -0.15) is 0 Å². The first-order valence-electron chi connectivity index (χ1n) is 6.47. The Hall–Kier alpha value is -0.580. The third kappa shape index (κ3) is 5.85. The van der Waals surface area contributed by atoms with E-state index in [4.69, 9.17) is 10.5 Å². The molecule has 0 aliphatic carbocycles. The van der Waals surface area contributed by atoms with Crippen molar-refractivity contribution in [3.05, 3.63) is 12.7 Å². The lowest BCUT2D eigenvalue weighted by Gasteiger charge is -2.35. The quantitative estimate of drug-likeness (QED) is 0.569. The number of amides is 1. The minimum atomic E-state index is 0. The number of carbonyl (C=O) groups is 1. The summed E-state index contributed by atoms with van der Waals surface area (Å²) in [5.74, 6) is 0.224. The first-order valence-corrected chi connectivity index (χ1v) is 6.47. The molecule has 1 aliphatic heterocycles. The Kier molecular flexibility index (Phi) is 10.0. The van der Waals surface area contributed by atoms with Crippen molar-refractivity contribution >= 4 is 18.3 Å². The molecule has 0 radical (unpaired) electrons. The van der Waals surface area contributed by atoms with Crippen LogP contribution in [0.25, 0.3) is 0 Å². The van der Waals surface area contributed by atoms with E-state index in [1.807, 2.05) is 4.90 Å². The van der Waals surface area contributed by atoms with E-state index in [-0.39, 0.29) is 24.4 Å². The molecule has 0 aromatic carbocycles. The summed E-state index contributed by atoms with van der Waals surface area (Å²) >= 11 is 0. The van der Waals surface area contributed by atoms with Gasteiger partial charge in [0.15, 0.2) is 0 Å². The molecule has 1 amide bonds. The molecule has 1 saturated heterocycles. The Bertz CT molecular complexity index is 249. The van der Waals surface area contributed by atoms with Gasteiger partial charge in [0.2, 0.25) is 5.91 Å². The van der Waals surface area contributed by atoms with Crippen molar-refractivity contribution < 1.29 is 9.53 Å². The lowest BCUT2D eigenvalue weighted by Crippen LogP contribution is -2.47. The average Bonchev–Trinajstić information content (AvgIpc) is 2.38. The molecular weight excluding hydrogens is 252 g/mol. The topological polar surface area (TPSA) is 55.6 Å². The van der Waals surface area contributed by atoms with Gasteiger partial charge in [-0.15, -0.1) is 19.0 Å². The fourth-order valence-electron chi connectivity index (χ4n) is 2.21. The van der Waals surface area contributed by atoms with E-state index >= 15 is 0 Å². The number of nitrogens with two attached hydrogens (primary N) is 1. The molecule has 1 atom stereocenters. The summed E-state index contributed by atoms with van der Waals surface area (Å²) in [7, 11) is 0. The van der Waals surface area contributed by atoms with Crippen molar-refractivity contribution in [3.63, 3.8) is 0 Å². The monoisotopic (exact) mass is 276 g/mol. The number of hydrogen-bond donors (Lipinski definition) is 1. The first-order chi connectivity index (χ1) is 8.29. The highest BCUT2D eigenvalue weighted by atomic mass is 35.5. The molecule has 106 valence electrons. The van der Waals surface area contributed by atoms with Gasteiger partial charge in [-0.25, -0.2) is 0 Å². The second kappa shape index (κ2) is 10.4. The molecular formula is C13H25ClN2O2. The summed E-state index contributed by atoms with van der Waals surface area (Å²) in [6.07, 6.45) is 6.41. The van der Waals surface area contributed by atoms with Crippen molar-refractivity contribution in [3.8, 4) is 0 Å². The van der Waals surface area contributed by atoms with Gasteiger partial charge in [0.1, 0.15) is 0 Å². The highest BCUT2D eigenvalue weighted by Crippen LogP contribution is 2.17. The normalized spacial score (nSPS) is 19.2. The zero-order valence-electron chi connectivity index (χ0n) is 11.0. The number of nitrogens with zero attached hydrogens (tertiary/aromatic N) is 1. The summed E-state index contributed by atoms with van der Waals surface area (Å²) in [5, 5.41) is 0. The van der Waals surface area contributed by atoms with E-state index in [0.29, 0.717) is 26.2 Å². The highest BCUT2D eigenvalue weighted by Gasteiger charge is 2.24. The first kappa shape index (κ1) is 17.4. The SMILES string of the molecule is C=CCOCCCC(=O)N1CCCCC1CN.Cl. The summed E-state index contributed by atoms with van der Waals surface area (Å²) < 4.78 is 5.26. The van der Waals surface area contributed by atoms with Crippen LogP contribution >= 0.6 is 12.4 Å². The molecule has 1 rings (SSSR count). The predicted molar refractivity (Wildman–Crippen MR) is 75.9 cm³/mol. The third-order valence-electron chi connectivity index (χ3n) is 3.13. The molecule has 5 heteroatoms. The highest BCUT2D eigenvalue weighted by molar-refractivity contribution is 5.85. The van der Waals surface area contributed by atoms with Gasteiger partial charge < -0.3 is 15.4 Å². The van der Waals surface area contributed by atoms with E-state index in [9.17, 15) is 4.79 Å². The van der Waals surface area contributed by atoms with Crippen molar-refractivity contribution in [2.45, 2.75) is 38.1 Å². The van der Waals surface area contributed by atoms with Crippen molar-refractivity contribution in [1.82, 2.24) is 4.90 Å². The molecule has 2 N–H and O–H groups in total. The molecule has 0 aromatic heterocycles. The molecule has 4 nitrogen and oxygen atoms in total. The zero-order valence-corrected chi connectivity index (χ0v) is 11.8. The van der Waals surface area contributed by atoms with E-state index in [1.54, 1.807) is 6.08 Å². The molecule has 1 aliphatic rings. The number of hydrogen-bond acceptors (Lipinski definition) is 3. The molecule has 0 saturated carbocycles. The van der Waals surface area contributed by atoms with Crippen LogP contribution in [0.2, 0.25) is 0 Å². The van der Waals surface area contributed by atoms with Crippen LogP contribution in [-0.2, 0) is 9.53 Å². The minimum absolute atomic E-state index is 0. The lowest BCUT2D eigenvalue weighted by atomic mass is 10.0. The standard InChI is InChI=1S/C13H24N2O2.ClH/c1-2-9-17-10-5-7-13(16)15-8-4-3-6-12(15)11-14;/h2,12H,1,3-11,14H2;1H. The Morgan fingerprint density at radius 1 is 1.50 bits per heavy atom. The number of likely N-dealkylation sites (tertiary alicyclic amines) is 1. The number of piperidine rings is 1. The van der Waals surface area contributed by atoms with Crippen LogP contribution in [0.3, 0.4) is 0 Å². The number of ether oxygens (including phenoxy) is 1. The van der Waals surface area contributed by atoms with Crippen molar-refractivity contribution in [2.75, 3.05) is 26.3 Å². The third-order valence-corrected chi connectivity index (χ3v) is 3.13. The van der Waals surface area contributed by atoms with Gasteiger partial charge in [0.05, 0.1) is 6.61 Å². The second-order valence-corrected chi connectivity index (χ2v) is 4.44. The van der Waals surface area contributed by atoms with Crippen LogP contribution in [0.4, 0.5) is 0 Å². The van der Waals surface area contributed by atoms with E-state index in [2.05, 4.69) is 6.58 Å². The van der Waals surface area contributed by atoms with Gasteiger partial charge >= 0.3 is 0 Å². The van der Waals surface area contributed by atoms with E-state index in [0.717, 1.165) is 25.8 Å². The predicted octanol–water partition coefficient (Wildman–Crippen LogP) is 1.73. The van der Waals surface area contributed by atoms with Crippen LogP contribution in [-0.4, -0.2) is 43.2 Å². The van der Waals surface area contributed by atoms with Gasteiger partial charge in [-0.1, -0.05) is 6.08 Å². The molecule has 0 bridgehead atoms. The molecule has 1 heterocycles. The Morgan fingerprint density at radius 2 is 2.28 bits per heavy atom. The average molecular weight is 277 g/mol. The van der Waals surface area contributed by atoms with Crippen LogP contribution in [0.1, 0.15) is 32.1 Å². The minimum Gasteiger partial charge on any atom is -0.377 e. The lowest BCUT2D eigenvalue weighted by molar-refractivity contribution is -0.135. The second-order valence-electron chi connectivity index (χ2n) is 4.44. The van der Waals surface area contributed by atoms with E-state index in [1.165, 1.54) is 6.42 Å². The number of carbonyl (C=O) groups excluding carboxylic acids is 1. The molecule has 1 fully saturated rings. The Balaban J connectivity index is 0.00000289. The molecule has 0 spiro atoms. The summed E-state index contributed by atoms with van der Waals surface area (Å²) in [6.45, 7) is 6.21. The Morgan fingerprint density at radius 3 is 2.94 bits per heavy atom. The summed E-state index contributed by atoms with van der Waals surface area (Å²) in [6, 6.07) is 0.255. The van der Waals surface area contributed by atoms with Crippen LogP contribution in [0, 0.1) is 0 Å². The van der Waals surface area contributed by atoms with Crippen LogP contribution < -0.4 is 5.73 Å². The van der Waals surface area contributed by atoms with Crippen molar-refractivity contribution in [1.29, 1.82) is 0 Å². The largest absolute Gasteiger partial charge is 0.377 e. The summed E-state index contributed by atoms with van der Waals surface area (Å²) in [4.78, 5) is 14.0. The van der Waals surface area contributed by atoms with Crippen LogP contribution in [0.15, 0.2) is 12.7 Å². The zero-order chi connectivity index (χ0) is 12.5. The van der Waals surface area contributed by atoms with Gasteiger partial charge in [0, 0.05) is 32.2 Å². The maximum atomic E-state index is 12.0. The number of rotatable bonds is 7. The van der Waals surface area contributed by atoms with Gasteiger partial charge in [-0.05, 0) is 25.7 Å². The fourth-order valence-corrected chi connectivity index (χ4v) is 2.21. The van der Waals surface area contributed by atoms with E-state index < -0.39 is 0 Å². The van der Waals surface area contributed by atoms with Gasteiger partial charge in [0.25, 0.3) is 0 Å². The number of halogens is 1. The smallest absolute Gasteiger partial charge is 0.222 e. The maximum Gasteiger partial charge on any atom is 0.222 e. The summed E-state index contributed by atoms with van der Waals surface area (Å²) in [5.41, 5.74) is 5.70. The molecule has 18 heavy (non-hydrogen) atoms.